The monoisotopic (exact) mass is 317 g/mol. The fraction of sp³-hybridized carbons (Fsp3) is 0.412. The number of benzene rings is 1. The third-order valence-electron chi connectivity index (χ3n) is 3.56. The van der Waals surface area contributed by atoms with E-state index in [1.165, 1.54) is 0 Å². The molecule has 6 nitrogen and oxygen atoms in total. The van der Waals surface area contributed by atoms with Gasteiger partial charge < -0.3 is 20.3 Å². The van der Waals surface area contributed by atoms with Crippen molar-refractivity contribution >= 4 is 5.82 Å². The van der Waals surface area contributed by atoms with Crippen molar-refractivity contribution in [3.63, 3.8) is 0 Å². The quantitative estimate of drug-likeness (QED) is 0.879. The van der Waals surface area contributed by atoms with Crippen LogP contribution in [0.15, 0.2) is 18.3 Å². The number of aliphatic hydroxyl groups is 1. The van der Waals surface area contributed by atoms with Crippen LogP contribution in [0.3, 0.4) is 0 Å². The summed E-state index contributed by atoms with van der Waals surface area (Å²) in [7, 11) is 1.58. The van der Waals surface area contributed by atoms with Crippen LogP contribution < -0.4 is 15.2 Å². The average molecular weight is 317 g/mol. The van der Waals surface area contributed by atoms with Crippen molar-refractivity contribution in [3.8, 4) is 17.2 Å². The molecule has 0 amide bonds. The minimum absolute atomic E-state index is 0.203. The molecule has 0 radical (unpaired) electrons. The average Bonchev–Trinajstić information content (AvgIpc) is 2.49. The number of hydrogen-bond donors (Lipinski definition) is 2. The molecule has 124 valence electrons. The largest absolute Gasteiger partial charge is 0.496 e. The lowest BCUT2D eigenvalue weighted by atomic mass is 9.97. The number of hydrogen-bond acceptors (Lipinski definition) is 6. The summed E-state index contributed by atoms with van der Waals surface area (Å²) >= 11 is 0. The lowest BCUT2D eigenvalue weighted by molar-refractivity contribution is 0.194. The van der Waals surface area contributed by atoms with Crippen LogP contribution in [0.4, 0.5) is 5.82 Å². The van der Waals surface area contributed by atoms with E-state index >= 15 is 0 Å². The molecule has 2 aromatic rings. The maximum absolute atomic E-state index is 9.96. The molecule has 1 unspecified atom stereocenters. The highest BCUT2D eigenvalue weighted by Crippen LogP contribution is 2.39. The molecule has 0 aliphatic carbocycles. The molecule has 6 heteroatoms. The van der Waals surface area contributed by atoms with Gasteiger partial charge in [-0.2, -0.15) is 0 Å². The molecule has 1 atom stereocenters. The molecular weight excluding hydrogens is 294 g/mol. The molecular formula is C17H23N3O3. The van der Waals surface area contributed by atoms with Gasteiger partial charge in [0.15, 0.2) is 11.6 Å². The molecule has 1 heterocycles. The summed E-state index contributed by atoms with van der Waals surface area (Å²) in [6.07, 6.45) is 0.869. The van der Waals surface area contributed by atoms with Crippen LogP contribution >= 0.6 is 0 Å². The second kappa shape index (κ2) is 6.83. The first-order valence-corrected chi connectivity index (χ1v) is 7.50. The molecule has 0 saturated heterocycles. The van der Waals surface area contributed by atoms with Gasteiger partial charge >= 0.3 is 0 Å². The first-order valence-electron chi connectivity index (χ1n) is 7.50. The molecule has 0 spiro atoms. The zero-order valence-electron chi connectivity index (χ0n) is 14.1. The number of nitrogen functional groups attached to an aromatic ring is 1. The van der Waals surface area contributed by atoms with Crippen molar-refractivity contribution in [1.82, 2.24) is 9.97 Å². The van der Waals surface area contributed by atoms with Gasteiger partial charge in [0.05, 0.1) is 19.4 Å². The number of aryl methyl sites for hydroxylation is 1. The minimum atomic E-state index is -0.680. The van der Waals surface area contributed by atoms with Crippen LogP contribution in [0, 0.1) is 6.92 Å². The Morgan fingerprint density at radius 3 is 2.26 bits per heavy atom. The molecule has 0 saturated carbocycles. The van der Waals surface area contributed by atoms with Crippen molar-refractivity contribution < 1.29 is 14.6 Å². The zero-order chi connectivity index (χ0) is 17.1. The first kappa shape index (κ1) is 17.0. The summed E-state index contributed by atoms with van der Waals surface area (Å²) in [4.78, 5) is 8.21. The Morgan fingerprint density at radius 1 is 1.09 bits per heavy atom. The van der Waals surface area contributed by atoms with Gasteiger partial charge in [0.2, 0.25) is 0 Å². The molecule has 0 aliphatic heterocycles. The number of nitrogens with two attached hydrogens (primary N) is 1. The Balaban J connectivity index is 2.52. The number of ether oxygens (including phenoxy) is 2. The van der Waals surface area contributed by atoms with E-state index in [4.69, 9.17) is 15.2 Å². The SMILES string of the molecule is COc1cc(C(C)C)c(Oc2cnc(C)nc2N)cc1C(C)O. The Morgan fingerprint density at radius 2 is 1.74 bits per heavy atom. The van der Waals surface area contributed by atoms with Crippen molar-refractivity contribution in [2.75, 3.05) is 12.8 Å². The highest BCUT2D eigenvalue weighted by Gasteiger charge is 2.18. The summed E-state index contributed by atoms with van der Waals surface area (Å²) in [5, 5.41) is 9.96. The number of rotatable bonds is 5. The molecule has 0 aliphatic rings. The van der Waals surface area contributed by atoms with Crippen molar-refractivity contribution in [2.24, 2.45) is 0 Å². The van der Waals surface area contributed by atoms with Crippen LogP contribution in [0.5, 0.6) is 17.2 Å². The Hall–Kier alpha value is -2.34. The third-order valence-corrected chi connectivity index (χ3v) is 3.56. The van der Waals surface area contributed by atoms with Gasteiger partial charge in [-0.1, -0.05) is 13.8 Å². The van der Waals surface area contributed by atoms with E-state index < -0.39 is 6.10 Å². The zero-order valence-corrected chi connectivity index (χ0v) is 14.1. The van der Waals surface area contributed by atoms with Gasteiger partial charge in [0.25, 0.3) is 0 Å². The molecule has 2 rings (SSSR count). The second-order valence-electron chi connectivity index (χ2n) is 5.73. The van der Waals surface area contributed by atoms with E-state index in [-0.39, 0.29) is 11.7 Å². The number of anilines is 1. The molecule has 1 aromatic heterocycles. The molecule has 0 fully saturated rings. The van der Waals surface area contributed by atoms with Crippen LogP contribution in [-0.4, -0.2) is 22.2 Å². The van der Waals surface area contributed by atoms with Crippen LogP contribution in [-0.2, 0) is 0 Å². The maximum Gasteiger partial charge on any atom is 0.187 e. The smallest absolute Gasteiger partial charge is 0.187 e. The Labute approximate surface area is 136 Å². The van der Waals surface area contributed by atoms with E-state index in [2.05, 4.69) is 23.8 Å². The van der Waals surface area contributed by atoms with Crippen LogP contribution in [0.25, 0.3) is 0 Å². The fourth-order valence-electron chi connectivity index (χ4n) is 2.31. The summed E-state index contributed by atoms with van der Waals surface area (Å²) in [6.45, 7) is 7.55. The molecule has 1 aromatic carbocycles. The van der Waals surface area contributed by atoms with Gasteiger partial charge in [-0.15, -0.1) is 0 Å². The summed E-state index contributed by atoms with van der Waals surface area (Å²) in [5.74, 6) is 2.69. The summed E-state index contributed by atoms with van der Waals surface area (Å²) < 4.78 is 11.3. The van der Waals surface area contributed by atoms with E-state index in [9.17, 15) is 5.11 Å². The molecule has 23 heavy (non-hydrogen) atoms. The number of nitrogens with zero attached hydrogens (tertiary/aromatic N) is 2. The Bertz CT molecular complexity index is 700. The van der Waals surface area contributed by atoms with E-state index in [0.29, 0.717) is 28.6 Å². The highest BCUT2D eigenvalue weighted by atomic mass is 16.5. The third kappa shape index (κ3) is 3.71. The standard InChI is InChI=1S/C17H23N3O3/c1-9(2)12-6-14(22-5)13(10(3)21)7-15(12)23-16-8-19-11(4)20-17(16)18/h6-10,21H,1-5H3,(H2,18,19,20). The van der Waals surface area contributed by atoms with Gasteiger partial charge in [-0.05, 0) is 31.9 Å². The van der Waals surface area contributed by atoms with Crippen molar-refractivity contribution in [2.45, 2.75) is 39.7 Å². The lowest BCUT2D eigenvalue weighted by Crippen LogP contribution is -2.04. The fourth-order valence-corrected chi connectivity index (χ4v) is 2.31. The summed E-state index contributed by atoms with van der Waals surface area (Å²) in [5.41, 5.74) is 7.50. The van der Waals surface area contributed by atoms with Gasteiger partial charge in [-0.3, -0.25) is 0 Å². The van der Waals surface area contributed by atoms with E-state index in [1.807, 2.05) is 6.07 Å². The molecule has 0 bridgehead atoms. The highest BCUT2D eigenvalue weighted by molar-refractivity contribution is 5.53. The lowest BCUT2D eigenvalue weighted by Gasteiger charge is -2.19. The topological polar surface area (TPSA) is 90.5 Å². The number of aliphatic hydroxyl groups excluding tert-OH is 1. The van der Waals surface area contributed by atoms with Gasteiger partial charge in [0, 0.05) is 11.1 Å². The van der Waals surface area contributed by atoms with Gasteiger partial charge in [-0.25, -0.2) is 9.97 Å². The normalized spacial score (nSPS) is 12.3. The predicted molar refractivity (Wildman–Crippen MR) is 89.0 cm³/mol. The number of aromatic nitrogens is 2. The van der Waals surface area contributed by atoms with E-state index in [1.54, 1.807) is 33.2 Å². The predicted octanol–water partition coefficient (Wildman–Crippen LogP) is 3.34. The van der Waals surface area contributed by atoms with Crippen molar-refractivity contribution in [1.29, 1.82) is 0 Å². The van der Waals surface area contributed by atoms with E-state index in [0.717, 1.165) is 5.56 Å². The van der Waals surface area contributed by atoms with Crippen LogP contribution in [0.1, 0.15) is 49.7 Å². The minimum Gasteiger partial charge on any atom is -0.496 e. The molecule has 3 N–H and O–H groups in total. The Kier molecular flexibility index (Phi) is 5.05. The maximum atomic E-state index is 9.96. The van der Waals surface area contributed by atoms with Crippen molar-refractivity contribution in [3.05, 3.63) is 35.3 Å². The number of methoxy groups -OCH3 is 1. The van der Waals surface area contributed by atoms with Gasteiger partial charge in [0.1, 0.15) is 17.3 Å². The second-order valence-corrected chi connectivity index (χ2v) is 5.73. The summed E-state index contributed by atoms with van der Waals surface area (Å²) in [6, 6.07) is 3.66. The van der Waals surface area contributed by atoms with Crippen LogP contribution in [0.2, 0.25) is 0 Å². The first-order chi connectivity index (χ1) is 10.8.